The number of carbonyl (C=O) groups excluding carboxylic acids is 2. The lowest BCUT2D eigenvalue weighted by Crippen LogP contribution is -3.30. The van der Waals surface area contributed by atoms with Crippen molar-refractivity contribution in [1.82, 2.24) is 10.6 Å². The van der Waals surface area contributed by atoms with Crippen LogP contribution in [0.1, 0.15) is 33.3 Å². The first-order chi connectivity index (χ1) is 12.7. The lowest BCUT2D eigenvalue weighted by atomic mass is 10.1. The quantitative estimate of drug-likeness (QED) is 0.561. The second kappa shape index (κ2) is 9.67. The molecule has 148 valence electrons. The molecule has 1 heterocycles. The van der Waals surface area contributed by atoms with E-state index < -0.39 is 6.03 Å². The third-order valence-electron chi connectivity index (χ3n) is 4.85. The Morgan fingerprint density at radius 1 is 1.11 bits per heavy atom. The molecule has 27 heavy (non-hydrogen) atoms. The van der Waals surface area contributed by atoms with Gasteiger partial charge in [-0.15, -0.1) is 0 Å². The SMILES string of the molecule is C[C@@H](C(=O)NC(=O)NC(C)(C)C)[NH+]1CC[NH+](C/C=C/c2ccccc2)CC1. The van der Waals surface area contributed by atoms with Gasteiger partial charge in [-0.05, 0) is 39.3 Å². The molecule has 1 saturated heterocycles. The Kier molecular flexibility index (Phi) is 7.56. The van der Waals surface area contributed by atoms with Crippen molar-refractivity contribution in [3.63, 3.8) is 0 Å². The van der Waals surface area contributed by atoms with Crippen molar-refractivity contribution in [1.29, 1.82) is 0 Å². The van der Waals surface area contributed by atoms with E-state index in [1.54, 1.807) is 0 Å². The first-order valence-electron chi connectivity index (χ1n) is 9.77. The minimum atomic E-state index is -0.422. The number of urea groups is 1. The fraction of sp³-hybridized carbons (Fsp3) is 0.524. The minimum absolute atomic E-state index is 0.209. The van der Waals surface area contributed by atoms with E-state index in [1.165, 1.54) is 15.4 Å². The zero-order valence-electron chi connectivity index (χ0n) is 17.0. The summed E-state index contributed by atoms with van der Waals surface area (Å²) in [5.41, 5.74) is 0.864. The second-order valence-electron chi connectivity index (χ2n) is 8.34. The molecule has 6 heteroatoms. The standard InChI is InChI=1S/C21H32N4O2/c1-17(19(26)22-20(27)23-21(2,3)4)25-15-13-24(14-16-25)12-8-11-18-9-6-5-7-10-18/h5-11,17H,12-16H2,1-4H3,(H2,22,23,26,27)/p+2/b11-8+/t17-/m0/s1. The Balaban J connectivity index is 1.73. The number of benzene rings is 1. The van der Waals surface area contributed by atoms with E-state index in [0.29, 0.717) is 0 Å². The number of nitrogens with one attached hydrogen (secondary N) is 4. The fourth-order valence-corrected chi connectivity index (χ4v) is 3.27. The topological polar surface area (TPSA) is 67.1 Å². The monoisotopic (exact) mass is 374 g/mol. The van der Waals surface area contributed by atoms with Gasteiger partial charge in [-0.25, -0.2) is 4.79 Å². The van der Waals surface area contributed by atoms with Crippen LogP contribution in [-0.4, -0.2) is 56.2 Å². The van der Waals surface area contributed by atoms with Gasteiger partial charge < -0.3 is 15.1 Å². The van der Waals surface area contributed by atoms with Gasteiger partial charge in [0, 0.05) is 5.54 Å². The van der Waals surface area contributed by atoms with Crippen LogP contribution in [0.2, 0.25) is 0 Å². The molecular formula is C21H34N4O2+2. The van der Waals surface area contributed by atoms with Crippen LogP contribution >= 0.6 is 0 Å². The number of imide groups is 1. The van der Waals surface area contributed by atoms with Gasteiger partial charge in [0.25, 0.3) is 5.91 Å². The zero-order chi connectivity index (χ0) is 19.9. The Morgan fingerprint density at radius 3 is 2.33 bits per heavy atom. The molecule has 1 aromatic carbocycles. The van der Waals surface area contributed by atoms with Crippen molar-refractivity contribution in [3.05, 3.63) is 42.0 Å². The molecule has 0 unspecified atom stereocenters. The van der Waals surface area contributed by atoms with Crippen LogP contribution < -0.4 is 20.4 Å². The maximum Gasteiger partial charge on any atom is 0.322 e. The third kappa shape index (κ3) is 7.53. The van der Waals surface area contributed by atoms with Gasteiger partial charge in [0.05, 0.1) is 6.54 Å². The van der Waals surface area contributed by atoms with Gasteiger partial charge in [0.2, 0.25) is 0 Å². The van der Waals surface area contributed by atoms with Crippen molar-refractivity contribution < 1.29 is 19.4 Å². The molecule has 3 amide bonds. The Bertz CT molecular complexity index is 644. The van der Waals surface area contributed by atoms with Crippen LogP contribution in [0.25, 0.3) is 6.08 Å². The molecule has 1 aromatic rings. The highest BCUT2D eigenvalue weighted by atomic mass is 16.2. The van der Waals surface area contributed by atoms with Crippen LogP contribution in [0.3, 0.4) is 0 Å². The van der Waals surface area contributed by atoms with Crippen molar-refractivity contribution in [2.45, 2.75) is 39.3 Å². The molecule has 1 aliphatic rings. The summed E-state index contributed by atoms with van der Waals surface area (Å²) in [6.45, 7) is 12.5. The van der Waals surface area contributed by atoms with Crippen LogP contribution in [0.15, 0.2) is 36.4 Å². The molecule has 0 saturated carbocycles. The minimum Gasteiger partial charge on any atom is -0.333 e. The van der Waals surface area contributed by atoms with Gasteiger partial charge in [-0.2, -0.15) is 0 Å². The summed E-state index contributed by atoms with van der Waals surface area (Å²) in [4.78, 5) is 27.0. The third-order valence-corrected chi connectivity index (χ3v) is 4.85. The summed E-state index contributed by atoms with van der Waals surface area (Å²) >= 11 is 0. The first-order valence-corrected chi connectivity index (χ1v) is 9.77. The van der Waals surface area contributed by atoms with Crippen molar-refractivity contribution in [2.24, 2.45) is 0 Å². The summed E-state index contributed by atoms with van der Waals surface area (Å²) in [7, 11) is 0. The summed E-state index contributed by atoms with van der Waals surface area (Å²) in [6.07, 6.45) is 4.39. The summed E-state index contributed by atoms with van der Waals surface area (Å²) in [6, 6.07) is 9.67. The van der Waals surface area contributed by atoms with E-state index in [-0.39, 0.29) is 17.5 Å². The smallest absolute Gasteiger partial charge is 0.322 e. The lowest BCUT2D eigenvalue weighted by molar-refractivity contribution is -1.02. The van der Waals surface area contributed by atoms with Crippen molar-refractivity contribution in [2.75, 3.05) is 32.7 Å². The van der Waals surface area contributed by atoms with Crippen LogP contribution in [0.5, 0.6) is 0 Å². The second-order valence-corrected chi connectivity index (χ2v) is 8.34. The number of hydrogen-bond acceptors (Lipinski definition) is 2. The first kappa shape index (κ1) is 21.1. The van der Waals surface area contributed by atoms with E-state index in [9.17, 15) is 9.59 Å². The van der Waals surface area contributed by atoms with E-state index >= 15 is 0 Å². The van der Waals surface area contributed by atoms with E-state index in [4.69, 9.17) is 0 Å². The molecule has 0 aromatic heterocycles. The highest BCUT2D eigenvalue weighted by Gasteiger charge is 2.31. The van der Waals surface area contributed by atoms with Gasteiger partial charge in [-0.3, -0.25) is 10.1 Å². The molecule has 6 nitrogen and oxygen atoms in total. The predicted octanol–water partition coefficient (Wildman–Crippen LogP) is -0.504. The normalized spacial score (nSPS) is 21.6. The van der Waals surface area contributed by atoms with Gasteiger partial charge in [0.15, 0.2) is 6.04 Å². The summed E-state index contributed by atoms with van der Waals surface area (Å²) in [5.74, 6) is -0.209. The molecule has 1 atom stereocenters. The molecule has 1 aliphatic heterocycles. The molecule has 0 radical (unpaired) electrons. The van der Waals surface area contributed by atoms with Crippen LogP contribution in [-0.2, 0) is 4.79 Å². The van der Waals surface area contributed by atoms with Crippen molar-refractivity contribution in [3.8, 4) is 0 Å². The molecule has 0 spiro atoms. The van der Waals surface area contributed by atoms with E-state index in [0.717, 1.165) is 32.7 Å². The molecule has 0 aliphatic carbocycles. The summed E-state index contributed by atoms with van der Waals surface area (Å²) in [5, 5.41) is 5.23. The molecule has 0 bridgehead atoms. The average molecular weight is 375 g/mol. The molecule has 2 rings (SSSR count). The number of amides is 3. The number of rotatable bonds is 5. The van der Waals surface area contributed by atoms with E-state index in [2.05, 4.69) is 34.9 Å². The van der Waals surface area contributed by atoms with Gasteiger partial charge in [-0.1, -0.05) is 36.4 Å². The molecular weight excluding hydrogens is 340 g/mol. The van der Waals surface area contributed by atoms with Gasteiger partial charge in [0.1, 0.15) is 26.2 Å². The predicted molar refractivity (Wildman–Crippen MR) is 108 cm³/mol. The van der Waals surface area contributed by atoms with Gasteiger partial charge >= 0.3 is 6.03 Å². The van der Waals surface area contributed by atoms with Crippen LogP contribution in [0, 0.1) is 0 Å². The number of piperazine rings is 1. The average Bonchev–Trinajstić information content (AvgIpc) is 2.61. The highest BCUT2D eigenvalue weighted by molar-refractivity contribution is 5.96. The van der Waals surface area contributed by atoms with Crippen LogP contribution in [0.4, 0.5) is 4.79 Å². The number of quaternary nitrogens is 2. The molecule has 4 N–H and O–H groups in total. The largest absolute Gasteiger partial charge is 0.333 e. The maximum absolute atomic E-state index is 12.3. The zero-order valence-corrected chi connectivity index (χ0v) is 17.0. The Hall–Kier alpha value is -2.18. The van der Waals surface area contributed by atoms with Crippen molar-refractivity contribution >= 4 is 18.0 Å². The number of hydrogen-bond donors (Lipinski definition) is 4. The molecule has 1 fully saturated rings. The maximum atomic E-state index is 12.3. The highest BCUT2D eigenvalue weighted by Crippen LogP contribution is 1.99. The Labute approximate surface area is 162 Å². The lowest BCUT2D eigenvalue weighted by Gasteiger charge is -2.32. The Morgan fingerprint density at radius 2 is 1.74 bits per heavy atom. The number of carbonyl (C=O) groups is 2. The fourth-order valence-electron chi connectivity index (χ4n) is 3.27. The van der Waals surface area contributed by atoms with E-state index in [1.807, 2.05) is 45.9 Å². The summed E-state index contributed by atoms with van der Waals surface area (Å²) < 4.78 is 0.